The van der Waals surface area contributed by atoms with E-state index in [4.69, 9.17) is 4.98 Å². The van der Waals surface area contributed by atoms with Gasteiger partial charge in [-0.2, -0.15) is 0 Å². The summed E-state index contributed by atoms with van der Waals surface area (Å²) in [7, 11) is 2.22. The zero-order valence-corrected chi connectivity index (χ0v) is 17.6. The van der Waals surface area contributed by atoms with E-state index in [1.807, 2.05) is 12.1 Å². The summed E-state index contributed by atoms with van der Waals surface area (Å²) in [5.41, 5.74) is 5.08. The van der Waals surface area contributed by atoms with Crippen LogP contribution in [0.2, 0.25) is 0 Å². The van der Waals surface area contributed by atoms with Crippen molar-refractivity contribution in [2.75, 3.05) is 20.1 Å². The van der Waals surface area contributed by atoms with Crippen molar-refractivity contribution in [3.8, 4) is 5.75 Å². The van der Waals surface area contributed by atoms with Crippen LogP contribution in [0.3, 0.4) is 0 Å². The molecular weight excluding hydrogens is 416 g/mol. The van der Waals surface area contributed by atoms with Gasteiger partial charge in [0.1, 0.15) is 5.75 Å². The minimum Gasteiger partial charge on any atom is -1.00 e. The molecular formula is C23H26BrN2O2-. The SMILES string of the molecule is CN1CC[C@]2(c3cccc(O)c3)Cc3nc4ccccc4cc3CC2C1.O.[Br-]. The summed E-state index contributed by atoms with van der Waals surface area (Å²) in [6, 6.07) is 18.7. The topological polar surface area (TPSA) is 67.9 Å². The maximum atomic E-state index is 10.1. The number of pyridine rings is 1. The third-order valence-corrected chi connectivity index (χ3v) is 6.52. The number of para-hydroxylation sites is 1. The number of phenols is 1. The van der Waals surface area contributed by atoms with Gasteiger partial charge in [-0.1, -0.05) is 30.3 Å². The molecule has 3 aromatic rings. The minimum atomic E-state index is 0. The molecule has 148 valence electrons. The number of hydrogen-bond acceptors (Lipinski definition) is 3. The lowest BCUT2D eigenvalue weighted by Gasteiger charge is -2.50. The van der Waals surface area contributed by atoms with Crippen LogP contribution in [0.25, 0.3) is 10.9 Å². The quantitative estimate of drug-likeness (QED) is 0.582. The summed E-state index contributed by atoms with van der Waals surface area (Å²) >= 11 is 0. The van der Waals surface area contributed by atoms with E-state index in [1.165, 1.54) is 22.2 Å². The molecule has 28 heavy (non-hydrogen) atoms. The number of hydrogen-bond donors (Lipinski definition) is 1. The molecule has 5 heteroatoms. The number of halogens is 1. The second-order valence-electron chi connectivity index (χ2n) is 8.08. The summed E-state index contributed by atoms with van der Waals surface area (Å²) in [6.07, 6.45) is 3.15. The van der Waals surface area contributed by atoms with Gasteiger partial charge in [0.05, 0.1) is 5.52 Å². The van der Waals surface area contributed by atoms with Crippen molar-refractivity contribution >= 4 is 10.9 Å². The molecule has 1 aliphatic heterocycles. The Bertz CT molecular complexity index is 993. The summed E-state index contributed by atoms with van der Waals surface area (Å²) < 4.78 is 0. The van der Waals surface area contributed by atoms with E-state index >= 15 is 0 Å². The first kappa shape index (κ1) is 20.8. The van der Waals surface area contributed by atoms with E-state index in [2.05, 4.69) is 48.3 Å². The van der Waals surface area contributed by atoms with Crippen LogP contribution in [0.1, 0.15) is 23.2 Å². The minimum absolute atomic E-state index is 0. The lowest BCUT2D eigenvalue weighted by Crippen LogP contribution is -3.00. The maximum Gasteiger partial charge on any atom is 0.115 e. The number of rotatable bonds is 1. The van der Waals surface area contributed by atoms with Crippen LogP contribution in [0.5, 0.6) is 5.75 Å². The van der Waals surface area contributed by atoms with E-state index in [0.717, 1.165) is 37.9 Å². The largest absolute Gasteiger partial charge is 1.00 e. The molecule has 1 fully saturated rings. The van der Waals surface area contributed by atoms with Gasteiger partial charge in [-0.3, -0.25) is 4.98 Å². The molecule has 2 aromatic carbocycles. The van der Waals surface area contributed by atoms with E-state index in [1.54, 1.807) is 6.07 Å². The van der Waals surface area contributed by atoms with Gasteiger partial charge in [0.15, 0.2) is 0 Å². The second-order valence-corrected chi connectivity index (χ2v) is 8.08. The monoisotopic (exact) mass is 441 g/mol. The van der Waals surface area contributed by atoms with Crippen LogP contribution >= 0.6 is 0 Å². The van der Waals surface area contributed by atoms with Crippen molar-refractivity contribution in [3.63, 3.8) is 0 Å². The Morgan fingerprint density at radius 2 is 1.93 bits per heavy atom. The Morgan fingerprint density at radius 1 is 1.11 bits per heavy atom. The first-order valence-electron chi connectivity index (χ1n) is 9.50. The normalized spacial score (nSPS) is 23.8. The highest BCUT2D eigenvalue weighted by atomic mass is 79.9. The first-order valence-corrected chi connectivity index (χ1v) is 9.50. The number of aromatic hydroxyl groups is 1. The first-order chi connectivity index (χ1) is 12.6. The van der Waals surface area contributed by atoms with E-state index in [9.17, 15) is 5.11 Å². The Labute approximate surface area is 176 Å². The Hall–Kier alpha value is -1.95. The van der Waals surface area contributed by atoms with Gasteiger partial charge in [-0.25, -0.2) is 0 Å². The zero-order valence-electron chi connectivity index (χ0n) is 16.0. The fourth-order valence-electron chi connectivity index (χ4n) is 5.12. The number of piperidine rings is 1. The molecule has 0 amide bonds. The molecule has 0 saturated carbocycles. The molecule has 0 bridgehead atoms. The number of benzene rings is 2. The summed E-state index contributed by atoms with van der Waals surface area (Å²) in [6.45, 7) is 2.19. The van der Waals surface area contributed by atoms with Crippen LogP contribution in [0.4, 0.5) is 0 Å². The van der Waals surface area contributed by atoms with Crippen molar-refractivity contribution in [1.29, 1.82) is 0 Å². The third-order valence-electron chi connectivity index (χ3n) is 6.52. The predicted molar refractivity (Wildman–Crippen MR) is 108 cm³/mol. The van der Waals surface area contributed by atoms with Gasteiger partial charge in [-0.05, 0) is 67.7 Å². The molecule has 1 aromatic heterocycles. The molecule has 0 radical (unpaired) electrons. The predicted octanol–water partition coefficient (Wildman–Crippen LogP) is 0.108. The molecule has 1 saturated heterocycles. The van der Waals surface area contributed by atoms with Gasteiger partial charge >= 0.3 is 0 Å². The van der Waals surface area contributed by atoms with Crippen molar-refractivity contribution in [1.82, 2.24) is 9.88 Å². The van der Waals surface area contributed by atoms with Crippen molar-refractivity contribution in [2.45, 2.75) is 24.7 Å². The molecule has 2 atom stereocenters. The summed E-state index contributed by atoms with van der Waals surface area (Å²) in [4.78, 5) is 7.49. The summed E-state index contributed by atoms with van der Waals surface area (Å²) in [5.74, 6) is 0.922. The van der Waals surface area contributed by atoms with Crippen LogP contribution in [-0.4, -0.2) is 40.6 Å². The molecule has 3 N–H and O–H groups in total. The van der Waals surface area contributed by atoms with Crippen molar-refractivity contribution in [3.05, 3.63) is 71.4 Å². The molecule has 5 rings (SSSR count). The summed E-state index contributed by atoms with van der Waals surface area (Å²) in [5, 5.41) is 11.3. The fraction of sp³-hybridized carbons (Fsp3) is 0.348. The van der Waals surface area contributed by atoms with Gasteiger partial charge in [0.2, 0.25) is 0 Å². The molecule has 1 unspecified atom stereocenters. The van der Waals surface area contributed by atoms with Crippen LogP contribution in [0.15, 0.2) is 54.6 Å². The highest BCUT2D eigenvalue weighted by Gasteiger charge is 2.47. The smallest absolute Gasteiger partial charge is 0.115 e. The van der Waals surface area contributed by atoms with Crippen LogP contribution in [0, 0.1) is 5.92 Å². The van der Waals surface area contributed by atoms with Crippen LogP contribution < -0.4 is 17.0 Å². The average Bonchev–Trinajstić information content (AvgIpc) is 2.65. The molecule has 4 nitrogen and oxygen atoms in total. The number of likely N-dealkylation sites (tertiary alicyclic amines) is 1. The van der Waals surface area contributed by atoms with E-state index in [-0.39, 0.29) is 27.9 Å². The van der Waals surface area contributed by atoms with Crippen molar-refractivity contribution < 1.29 is 27.6 Å². The highest BCUT2D eigenvalue weighted by molar-refractivity contribution is 5.79. The molecule has 2 heterocycles. The molecule has 1 aliphatic carbocycles. The number of fused-ring (bicyclic) bond motifs is 3. The lowest BCUT2D eigenvalue weighted by atomic mass is 9.58. The Balaban J connectivity index is 0.00000112. The third kappa shape index (κ3) is 3.32. The van der Waals surface area contributed by atoms with E-state index < -0.39 is 0 Å². The molecule has 2 aliphatic rings. The molecule has 0 spiro atoms. The Kier molecular flexibility index (Phi) is 5.80. The highest BCUT2D eigenvalue weighted by Crippen LogP contribution is 2.48. The van der Waals surface area contributed by atoms with Crippen molar-refractivity contribution in [2.24, 2.45) is 5.92 Å². The second kappa shape index (κ2) is 7.82. The van der Waals surface area contributed by atoms with Gasteiger partial charge in [0, 0.05) is 29.5 Å². The average molecular weight is 442 g/mol. The zero-order chi connectivity index (χ0) is 17.7. The lowest BCUT2D eigenvalue weighted by molar-refractivity contribution is -0.00000759. The van der Waals surface area contributed by atoms with Gasteiger partial charge in [0.25, 0.3) is 0 Å². The van der Waals surface area contributed by atoms with Crippen LogP contribution in [-0.2, 0) is 18.3 Å². The maximum absolute atomic E-state index is 10.1. The number of phenolic OH excluding ortho intramolecular Hbond substituents is 1. The van der Waals surface area contributed by atoms with Gasteiger partial charge < -0.3 is 32.5 Å². The number of nitrogens with zero attached hydrogens (tertiary/aromatic N) is 2. The Morgan fingerprint density at radius 3 is 2.75 bits per heavy atom. The number of aromatic nitrogens is 1. The standard InChI is InChI=1S/C23H24N2O.BrH.H2O/c1-25-10-9-23(18-6-4-7-20(26)13-18)14-22-17(12-19(23)15-25)11-16-5-2-3-8-21(16)24-22;;/h2-8,11,13,19,26H,9-10,12,14-15H2,1H3;1H;1H2/p-1/t19?,23-;;/m1../s1. The van der Waals surface area contributed by atoms with Gasteiger partial charge in [-0.15, -0.1) is 0 Å². The van der Waals surface area contributed by atoms with E-state index in [0.29, 0.717) is 11.7 Å². The fourth-order valence-corrected chi connectivity index (χ4v) is 5.12.